The van der Waals surface area contributed by atoms with Crippen LogP contribution in [-0.2, 0) is 11.2 Å². The lowest BCUT2D eigenvalue weighted by Crippen LogP contribution is -2.22. The maximum absolute atomic E-state index is 11.5. The SMILES string of the molecule is CNC(=O)Cc1c(C)nc2nc(SC)nn2c1C. The lowest BCUT2D eigenvalue weighted by atomic mass is 10.1. The van der Waals surface area contributed by atoms with E-state index in [1.54, 1.807) is 11.6 Å². The standard InChI is InChI=1S/C11H15N5OS/c1-6-8(5-9(17)12-3)7(2)16-10(13-6)14-11(15-16)18-4/h5H2,1-4H3,(H,12,17). The van der Waals surface area contributed by atoms with Gasteiger partial charge in [0.1, 0.15) is 0 Å². The van der Waals surface area contributed by atoms with Gasteiger partial charge in [0.2, 0.25) is 11.1 Å². The van der Waals surface area contributed by atoms with Crippen LogP contribution in [0.5, 0.6) is 0 Å². The molecule has 6 nitrogen and oxygen atoms in total. The fourth-order valence-corrected chi connectivity index (χ4v) is 2.12. The number of hydrogen-bond acceptors (Lipinski definition) is 5. The lowest BCUT2D eigenvalue weighted by molar-refractivity contribution is -0.119. The Morgan fingerprint density at radius 1 is 1.39 bits per heavy atom. The van der Waals surface area contributed by atoms with Crippen molar-refractivity contribution in [1.82, 2.24) is 24.9 Å². The van der Waals surface area contributed by atoms with Gasteiger partial charge in [-0.25, -0.2) is 9.50 Å². The summed E-state index contributed by atoms with van der Waals surface area (Å²) in [5, 5.41) is 7.64. The van der Waals surface area contributed by atoms with Gasteiger partial charge in [-0.3, -0.25) is 4.79 Å². The molecular weight excluding hydrogens is 250 g/mol. The van der Waals surface area contributed by atoms with Gasteiger partial charge in [-0.1, -0.05) is 11.8 Å². The molecule has 1 N–H and O–H groups in total. The predicted molar refractivity (Wildman–Crippen MR) is 69.8 cm³/mol. The Kier molecular flexibility index (Phi) is 3.51. The van der Waals surface area contributed by atoms with Gasteiger partial charge < -0.3 is 5.32 Å². The van der Waals surface area contributed by atoms with Gasteiger partial charge in [0, 0.05) is 24.0 Å². The van der Waals surface area contributed by atoms with Crippen molar-refractivity contribution >= 4 is 23.4 Å². The summed E-state index contributed by atoms with van der Waals surface area (Å²) in [6.45, 7) is 3.82. The first-order chi connectivity index (χ1) is 8.56. The van der Waals surface area contributed by atoms with E-state index in [0.29, 0.717) is 17.4 Å². The summed E-state index contributed by atoms with van der Waals surface area (Å²) >= 11 is 1.47. The molecule has 0 saturated carbocycles. The smallest absolute Gasteiger partial charge is 0.253 e. The van der Waals surface area contributed by atoms with Gasteiger partial charge in [-0.15, -0.1) is 5.10 Å². The number of fused-ring (bicyclic) bond motifs is 1. The minimum atomic E-state index is -0.0347. The van der Waals surface area contributed by atoms with Gasteiger partial charge in [-0.2, -0.15) is 4.98 Å². The number of nitrogens with zero attached hydrogens (tertiary/aromatic N) is 4. The number of carbonyl (C=O) groups is 1. The highest BCUT2D eigenvalue weighted by Gasteiger charge is 2.15. The molecule has 7 heteroatoms. The number of aryl methyl sites for hydroxylation is 2. The van der Waals surface area contributed by atoms with E-state index in [9.17, 15) is 4.79 Å². The summed E-state index contributed by atoms with van der Waals surface area (Å²) in [5.74, 6) is 0.544. The minimum absolute atomic E-state index is 0.0347. The number of nitrogens with one attached hydrogen (secondary N) is 1. The third-order valence-electron chi connectivity index (χ3n) is 2.83. The van der Waals surface area contributed by atoms with Gasteiger partial charge in [0.15, 0.2) is 0 Å². The number of rotatable bonds is 3. The van der Waals surface area contributed by atoms with E-state index in [4.69, 9.17) is 0 Å². The van der Waals surface area contributed by atoms with Crippen molar-refractivity contribution in [3.63, 3.8) is 0 Å². The molecule has 0 spiro atoms. The topological polar surface area (TPSA) is 72.2 Å². The zero-order chi connectivity index (χ0) is 13.3. The molecule has 2 aromatic rings. The number of aromatic nitrogens is 4. The zero-order valence-electron chi connectivity index (χ0n) is 10.8. The Morgan fingerprint density at radius 2 is 2.11 bits per heavy atom. The van der Waals surface area contributed by atoms with E-state index in [0.717, 1.165) is 17.0 Å². The number of hydrogen-bond donors (Lipinski definition) is 1. The first-order valence-electron chi connectivity index (χ1n) is 5.54. The molecule has 1 amide bonds. The molecule has 0 aromatic carbocycles. The lowest BCUT2D eigenvalue weighted by Gasteiger charge is -2.09. The summed E-state index contributed by atoms with van der Waals surface area (Å²) in [5.41, 5.74) is 2.64. The maximum atomic E-state index is 11.5. The second-order valence-corrected chi connectivity index (χ2v) is 4.69. The van der Waals surface area contributed by atoms with Crippen LogP contribution >= 0.6 is 11.8 Å². The quantitative estimate of drug-likeness (QED) is 0.829. The third-order valence-corrected chi connectivity index (χ3v) is 3.37. The molecule has 2 heterocycles. The van der Waals surface area contributed by atoms with Crippen LogP contribution in [0, 0.1) is 13.8 Å². The Bertz CT molecular complexity index is 607. The van der Waals surface area contributed by atoms with Crippen LogP contribution in [0.15, 0.2) is 5.16 Å². The van der Waals surface area contributed by atoms with E-state index in [1.807, 2.05) is 20.1 Å². The van der Waals surface area contributed by atoms with Crippen LogP contribution < -0.4 is 5.32 Å². The summed E-state index contributed by atoms with van der Waals surface area (Å²) < 4.78 is 1.69. The van der Waals surface area contributed by atoms with Crippen molar-refractivity contribution in [3.05, 3.63) is 17.0 Å². The first kappa shape index (κ1) is 12.8. The van der Waals surface area contributed by atoms with Gasteiger partial charge in [0.05, 0.1) is 6.42 Å². The van der Waals surface area contributed by atoms with Crippen molar-refractivity contribution in [2.24, 2.45) is 0 Å². The van der Waals surface area contributed by atoms with E-state index in [1.165, 1.54) is 11.8 Å². The largest absolute Gasteiger partial charge is 0.359 e. The van der Waals surface area contributed by atoms with Crippen LogP contribution in [0.3, 0.4) is 0 Å². The molecule has 0 radical (unpaired) electrons. The molecule has 0 bridgehead atoms. The normalized spacial score (nSPS) is 10.9. The highest BCUT2D eigenvalue weighted by atomic mass is 32.2. The van der Waals surface area contributed by atoms with Gasteiger partial charge in [0.25, 0.3) is 5.78 Å². The number of amides is 1. The number of thioether (sulfide) groups is 1. The van der Waals surface area contributed by atoms with Crippen molar-refractivity contribution in [1.29, 1.82) is 0 Å². The van der Waals surface area contributed by atoms with Crippen LogP contribution in [0.25, 0.3) is 5.78 Å². The Balaban J connectivity index is 2.56. The summed E-state index contributed by atoms with van der Waals surface area (Å²) in [7, 11) is 1.63. The monoisotopic (exact) mass is 265 g/mol. The van der Waals surface area contributed by atoms with Crippen LogP contribution in [0.2, 0.25) is 0 Å². The molecule has 18 heavy (non-hydrogen) atoms. The predicted octanol–water partition coefficient (Wildman–Crippen LogP) is 0.752. The minimum Gasteiger partial charge on any atom is -0.359 e. The molecule has 0 saturated heterocycles. The molecular formula is C11H15N5OS. The molecule has 0 aliphatic carbocycles. The Hall–Kier alpha value is -1.63. The molecule has 0 aliphatic heterocycles. The summed E-state index contributed by atoms with van der Waals surface area (Å²) in [6, 6.07) is 0. The van der Waals surface area contributed by atoms with E-state index >= 15 is 0 Å². The number of likely N-dealkylation sites (N-methyl/N-ethyl adjacent to an activating group) is 1. The van der Waals surface area contributed by atoms with Crippen LogP contribution in [0.1, 0.15) is 17.0 Å². The summed E-state index contributed by atoms with van der Waals surface area (Å²) in [6.07, 6.45) is 2.23. The molecule has 0 aliphatic rings. The fourth-order valence-electron chi connectivity index (χ4n) is 1.78. The molecule has 0 fully saturated rings. The van der Waals surface area contributed by atoms with E-state index < -0.39 is 0 Å². The molecule has 2 rings (SSSR count). The highest BCUT2D eigenvalue weighted by Crippen LogP contribution is 2.16. The fraction of sp³-hybridized carbons (Fsp3) is 0.455. The molecule has 96 valence electrons. The first-order valence-corrected chi connectivity index (χ1v) is 6.76. The maximum Gasteiger partial charge on any atom is 0.253 e. The van der Waals surface area contributed by atoms with Crippen molar-refractivity contribution in [3.8, 4) is 0 Å². The summed E-state index contributed by atoms with van der Waals surface area (Å²) in [4.78, 5) is 20.2. The zero-order valence-corrected chi connectivity index (χ0v) is 11.6. The van der Waals surface area contributed by atoms with Crippen molar-refractivity contribution in [2.75, 3.05) is 13.3 Å². The molecule has 0 atom stereocenters. The van der Waals surface area contributed by atoms with Crippen LogP contribution in [-0.4, -0.2) is 38.8 Å². The molecule has 2 aromatic heterocycles. The van der Waals surface area contributed by atoms with Gasteiger partial charge in [-0.05, 0) is 20.1 Å². The second kappa shape index (κ2) is 4.93. The molecule has 0 unspecified atom stereocenters. The third kappa shape index (κ3) is 2.17. The van der Waals surface area contributed by atoms with Crippen molar-refractivity contribution in [2.45, 2.75) is 25.4 Å². The second-order valence-electron chi connectivity index (χ2n) is 3.92. The average Bonchev–Trinajstić information content (AvgIpc) is 2.77. The van der Waals surface area contributed by atoms with Crippen molar-refractivity contribution < 1.29 is 4.79 Å². The van der Waals surface area contributed by atoms with E-state index in [-0.39, 0.29) is 5.91 Å². The average molecular weight is 265 g/mol. The van der Waals surface area contributed by atoms with Crippen LogP contribution in [0.4, 0.5) is 0 Å². The highest BCUT2D eigenvalue weighted by molar-refractivity contribution is 7.98. The Morgan fingerprint density at radius 3 is 2.72 bits per heavy atom. The number of carbonyl (C=O) groups excluding carboxylic acids is 1. The Labute approximate surface area is 109 Å². The van der Waals surface area contributed by atoms with E-state index in [2.05, 4.69) is 20.4 Å². The van der Waals surface area contributed by atoms with Gasteiger partial charge >= 0.3 is 0 Å².